The first-order chi connectivity index (χ1) is 8.94. The molecule has 7 heteroatoms. The highest BCUT2D eigenvalue weighted by Gasteiger charge is 2.17. The van der Waals surface area contributed by atoms with Crippen molar-refractivity contribution < 1.29 is 17.9 Å². The standard InChI is InChI=1S/C12H24N2O4S/c1-3-19(16,17)10-11(2)13-5-4-12(15)14-6-8-18-9-7-14/h11,13H,3-10H2,1-2H3. The highest BCUT2D eigenvalue weighted by Crippen LogP contribution is 2.00. The Balaban J connectivity index is 2.20. The number of rotatable bonds is 7. The molecule has 0 aromatic heterocycles. The van der Waals surface area contributed by atoms with Gasteiger partial charge in [0, 0.05) is 37.8 Å². The second kappa shape index (κ2) is 7.81. The van der Waals surface area contributed by atoms with E-state index in [-0.39, 0.29) is 23.5 Å². The maximum absolute atomic E-state index is 11.8. The average molecular weight is 292 g/mol. The maximum Gasteiger partial charge on any atom is 0.224 e. The zero-order chi connectivity index (χ0) is 14.3. The molecule has 1 fully saturated rings. The zero-order valence-corrected chi connectivity index (χ0v) is 12.5. The molecule has 0 radical (unpaired) electrons. The van der Waals surface area contributed by atoms with Crippen LogP contribution in [-0.4, -0.2) is 69.6 Å². The van der Waals surface area contributed by atoms with E-state index in [4.69, 9.17) is 4.74 Å². The normalized spacial score (nSPS) is 18.3. The third-order valence-electron chi connectivity index (χ3n) is 3.14. The number of carbonyl (C=O) groups is 1. The van der Waals surface area contributed by atoms with E-state index in [1.807, 2.05) is 6.92 Å². The molecular formula is C12H24N2O4S. The molecule has 0 aromatic rings. The summed E-state index contributed by atoms with van der Waals surface area (Å²) in [4.78, 5) is 13.6. The van der Waals surface area contributed by atoms with Gasteiger partial charge in [-0.05, 0) is 6.92 Å². The number of amides is 1. The molecule has 1 aliphatic heterocycles. The highest BCUT2D eigenvalue weighted by atomic mass is 32.2. The molecule has 1 unspecified atom stereocenters. The van der Waals surface area contributed by atoms with E-state index in [0.29, 0.717) is 39.3 Å². The van der Waals surface area contributed by atoms with Crippen LogP contribution in [0.5, 0.6) is 0 Å². The summed E-state index contributed by atoms with van der Waals surface area (Å²) in [6, 6.07) is -0.123. The third kappa shape index (κ3) is 6.35. The van der Waals surface area contributed by atoms with Gasteiger partial charge in [-0.2, -0.15) is 0 Å². The van der Waals surface area contributed by atoms with Crippen molar-refractivity contribution in [3.05, 3.63) is 0 Å². The van der Waals surface area contributed by atoms with E-state index >= 15 is 0 Å². The summed E-state index contributed by atoms with van der Waals surface area (Å²) in [5, 5.41) is 3.09. The van der Waals surface area contributed by atoms with Gasteiger partial charge in [-0.1, -0.05) is 6.92 Å². The fourth-order valence-electron chi connectivity index (χ4n) is 1.95. The second-order valence-corrected chi connectivity index (χ2v) is 7.20. The van der Waals surface area contributed by atoms with Crippen LogP contribution in [-0.2, 0) is 19.4 Å². The van der Waals surface area contributed by atoms with E-state index in [9.17, 15) is 13.2 Å². The van der Waals surface area contributed by atoms with Crippen molar-refractivity contribution in [2.75, 3.05) is 44.4 Å². The molecule has 1 N–H and O–H groups in total. The van der Waals surface area contributed by atoms with Crippen LogP contribution in [0.4, 0.5) is 0 Å². The summed E-state index contributed by atoms with van der Waals surface area (Å²) in [6.07, 6.45) is 0.399. The van der Waals surface area contributed by atoms with Crippen molar-refractivity contribution in [1.29, 1.82) is 0 Å². The molecule has 1 amide bonds. The Kier molecular flexibility index (Phi) is 6.74. The first-order valence-electron chi connectivity index (χ1n) is 6.74. The quantitative estimate of drug-likeness (QED) is 0.694. The fourth-order valence-corrected chi connectivity index (χ4v) is 3.07. The van der Waals surface area contributed by atoms with Crippen molar-refractivity contribution in [2.45, 2.75) is 26.3 Å². The number of nitrogens with one attached hydrogen (secondary N) is 1. The third-order valence-corrected chi connectivity index (χ3v) is 5.03. The highest BCUT2D eigenvalue weighted by molar-refractivity contribution is 7.91. The Morgan fingerprint density at radius 2 is 2.00 bits per heavy atom. The second-order valence-electron chi connectivity index (χ2n) is 4.80. The van der Waals surface area contributed by atoms with Crippen molar-refractivity contribution in [2.24, 2.45) is 0 Å². The van der Waals surface area contributed by atoms with Gasteiger partial charge in [0.15, 0.2) is 9.84 Å². The molecular weight excluding hydrogens is 268 g/mol. The summed E-state index contributed by atoms with van der Waals surface area (Å²) >= 11 is 0. The average Bonchev–Trinajstić information content (AvgIpc) is 2.39. The lowest BCUT2D eigenvalue weighted by molar-refractivity contribution is -0.135. The number of hydrogen-bond acceptors (Lipinski definition) is 5. The molecule has 19 heavy (non-hydrogen) atoms. The number of morpholine rings is 1. The molecule has 0 aromatic carbocycles. The van der Waals surface area contributed by atoms with Gasteiger partial charge in [0.25, 0.3) is 0 Å². The molecule has 0 aliphatic carbocycles. The van der Waals surface area contributed by atoms with Gasteiger partial charge in [-0.25, -0.2) is 8.42 Å². The monoisotopic (exact) mass is 292 g/mol. The summed E-state index contributed by atoms with van der Waals surface area (Å²) in [6.45, 7) is 6.48. The van der Waals surface area contributed by atoms with Crippen molar-refractivity contribution in [3.63, 3.8) is 0 Å². The molecule has 1 saturated heterocycles. The largest absolute Gasteiger partial charge is 0.378 e. The number of carbonyl (C=O) groups excluding carboxylic acids is 1. The Morgan fingerprint density at radius 1 is 1.37 bits per heavy atom. The van der Waals surface area contributed by atoms with E-state index < -0.39 is 9.84 Å². The van der Waals surface area contributed by atoms with Crippen LogP contribution in [0, 0.1) is 0 Å². The summed E-state index contributed by atoms with van der Waals surface area (Å²) in [5.74, 6) is 0.377. The summed E-state index contributed by atoms with van der Waals surface area (Å²) < 4.78 is 28.0. The first-order valence-corrected chi connectivity index (χ1v) is 8.56. The molecule has 6 nitrogen and oxygen atoms in total. The van der Waals surface area contributed by atoms with Crippen LogP contribution < -0.4 is 5.32 Å². The van der Waals surface area contributed by atoms with Gasteiger partial charge in [0.2, 0.25) is 5.91 Å². The lowest BCUT2D eigenvalue weighted by Crippen LogP contribution is -2.42. The minimum absolute atomic E-state index is 0.0985. The number of nitrogens with zero attached hydrogens (tertiary/aromatic N) is 1. The Labute approximate surface area is 115 Å². The lowest BCUT2D eigenvalue weighted by Gasteiger charge is -2.27. The fraction of sp³-hybridized carbons (Fsp3) is 0.917. The van der Waals surface area contributed by atoms with Crippen molar-refractivity contribution in [1.82, 2.24) is 10.2 Å². The molecule has 1 atom stereocenters. The molecule has 1 heterocycles. The number of ether oxygens (including phenoxy) is 1. The SMILES string of the molecule is CCS(=O)(=O)CC(C)NCCC(=O)N1CCOCC1. The first kappa shape index (κ1) is 16.4. The lowest BCUT2D eigenvalue weighted by atomic mass is 10.3. The van der Waals surface area contributed by atoms with E-state index in [2.05, 4.69) is 5.32 Å². The minimum Gasteiger partial charge on any atom is -0.378 e. The van der Waals surface area contributed by atoms with Gasteiger partial charge in [-0.15, -0.1) is 0 Å². The van der Waals surface area contributed by atoms with Gasteiger partial charge in [-0.3, -0.25) is 4.79 Å². The molecule has 0 saturated carbocycles. The number of sulfone groups is 1. The van der Waals surface area contributed by atoms with Crippen LogP contribution in [0.3, 0.4) is 0 Å². The molecule has 112 valence electrons. The van der Waals surface area contributed by atoms with Gasteiger partial charge >= 0.3 is 0 Å². The molecule has 0 spiro atoms. The van der Waals surface area contributed by atoms with Crippen LogP contribution in [0.2, 0.25) is 0 Å². The van der Waals surface area contributed by atoms with Gasteiger partial charge in [0.1, 0.15) is 0 Å². The van der Waals surface area contributed by atoms with Gasteiger partial charge in [0.05, 0.1) is 19.0 Å². The van der Waals surface area contributed by atoms with Crippen molar-refractivity contribution >= 4 is 15.7 Å². The molecule has 0 bridgehead atoms. The Bertz CT molecular complexity index is 377. The Morgan fingerprint density at radius 3 is 2.58 bits per heavy atom. The Hall–Kier alpha value is -0.660. The van der Waals surface area contributed by atoms with E-state index in [0.717, 1.165) is 0 Å². The summed E-state index contributed by atoms with van der Waals surface area (Å²) in [5.41, 5.74) is 0. The number of hydrogen-bond donors (Lipinski definition) is 1. The van der Waals surface area contributed by atoms with Crippen molar-refractivity contribution in [3.8, 4) is 0 Å². The predicted molar refractivity (Wildman–Crippen MR) is 73.8 cm³/mol. The predicted octanol–water partition coefficient (Wildman–Crippen LogP) is -0.352. The van der Waals surface area contributed by atoms with Crippen LogP contribution in [0.1, 0.15) is 20.3 Å². The van der Waals surface area contributed by atoms with E-state index in [1.165, 1.54) is 0 Å². The smallest absolute Gasteiger partial charge is 0.224 e. The maximum atomic E-state index is 11.8. The zero-order valence-electron chi connectivity index (χ0n) is 11.7. The van der Waals surface area contributed by atoms with E-state index in [1.54, 1.807) is 11.8 Å². The van der Waals surface area contributed by atoms with Crippen LogP contribution in [0.25, 0.3) is 0 Å². The van der Waals surface area contributed by atoms with Crippen LogP contribution in [0.15, 0.2) is 0 Å². The topological polar surface area (TPSA) is 75.7 Å². The summed E-state index contributed by atoms with van der Waals surface area (Å²) in [7, 11) is -2.96. The molecule has 1 rings (SSSR count). The molecule has 1 aliphatic rings. The van der Waals surface area contributed by atoms with Gasteiger partial charge < -0.3 is 15.0 Å². The van der Waals surface area contributed by atoms with Crippen LogP contribution >= 0.6 is 0 Å². The minimum atomic E-state index is -2.96.